The first kappa shape index (κ1) is 15.6. The van der Waals surface area contributed by atoms with Gasteiger partial charge in [-0.05, 0) is 25.0 Å². The third-order valence-electron chi connectivity index (χ3n) is 3.48. The normalized spacial score (nSPS) is 17.1. The van der Waals surface area contributed by atoms with Crippen LogP contribution in [0.3, 0.4) is 0 Å². The molecular weight excluding hydrogens is 282 g/mol. The van der Waals surface area contributed by atoms with Crippen molar-refractivity contribution in [1.29, 1.82) is 0 Å². The van der Waals surface area contributed by atoms with Crippen LogP contribution in [0.25, 0.3) is 0 Å². The molecule has 1 saturated heterocycles. The first-order chi connectivity index (χ1) is 10.4. The highest BCUT2D eigenvalue weighted by Gasteiger charge is 2.38. The molecule has 0 saturated carbocycles. The van der Waals surface area contributed by atoms with Gasteiger partial charge >= 0.3 is 6.03 Å². The van der Waals surface area contributed by atoms with Crippen molar-refractivity contribution in [3.05, 3.63) is 29.3 Å². The van der Waals surface area contributed by atoms with Crippen LogP contribution in [-0.2, 0) is 9.59 Å². The summed E-state index contributed by atoms with van der Waals surface area (Å²) in [4.78, 5) is 36.7. The molecule has 0 unspecified atom stereocenters. The zero-order chi connectivity index (χ0) is 16.3. The Bertz CT molecular complexity index is 655. The molecule has 0 aliphatic carbocycles. The number of carbonyl (C=O) groups is 3. The summed E-state index contributed by atoms with van der Waals surface area (Å²) in [6, 6.07) is 4.30. The van der Waals surface area contributed by atoms with E-state index in [0.29, 0.717) is 5.69 Å². The quantitative estimate of drug-likeness (QED) is 0.647. The first-order valence-electron chi connectivity index (χ1n) is 6.85. The number of terminal acetylenes is 1. The van der Waals surface area contributed by atoms with Crippen LogP contribution in [-0.4, -0.2) is 35.3 Å². The van der Waals surface area contributed by atoms with E-state index in [0.717, 1.165) is 16.0 Å². The Balaban J connectivity index is 2.05. The molecule has 1 atom stereocenters. The number of anilines is 1. The lowest BCUT2D eigenvalue weighted by Crippen LogP contribution is -2.38. The van der Waals surface area contributed by atoms with Gasteiger partial charge in [-0.15, -0.1) is 12.3 Å². The molecule has 1 fully saturated rings. The summed E-state index contributed by atoms with van der Waals surface area (Å²) in [5, 5.41) is 5.20. The number of para-hydroxylation sites is 1. The highest BCUT2D eigenvalue weighted by molar-refractivity contribution is 6.08. The van der Waals surface area contributed by atoms with Gasteiger partial charge in [0.1, 0.15) is 12.6 Å². The molecule has 0 radical (unpaired) electrons. The van der Waals surface area contributed by atoms with E-state index in [4.69, 9.17) is 6.42 Å². The molecule has 6 heteroatoms. The van der Waals surface area contributed by atoms with E-state index in [9.17, 15) is 14.4 Å². The molecule has 0 bridgehead atoms. The molecule has 1 aromatic rings. The molecule has 1 heterocycles. The third kappa shape index (κ3) is 3.09. The van der Waals surface area contributed by atoms with Gasteiger partial charge in [0.05, 0.1) is 0 Å². The lowest BCUT2D eigenvalue weighted by Gasteiger charge is -2.15. The molecule has 2 N–H and O–H groups in total. The fraction of sp³-hybridized carbons (Fsp3) is 0.312. The molecule has 6 nitrogen and oxygen atoms in total. The number of rotatable bonds is 4. The lowest BCUT2D eigenvalue weighted by atomic mass is 10.1. The summed E-state index contributed by atoms with van der Waals surface area (Å²) < 4.78 is 0. The molecule has 0 spiro atoms. The van der Waals surface area contributed by atoms with Crippen molar-refractivity contribution in [2.75, 3.05) is 11.9 Å². The van der Waals surface area contributed by atoms with Gasteiger partial charge in [0, 0.05) is 12.1 Å². The number of hydrogen-bond donors (Lipinski definition) is 2. The predicted octanol–water partition coefficient (Wildman–Crippen LogP) is 1.19. The maximum Gasteiger partial charge on any atom is 0.325 e. The molecular formula is C16H17N3O3. The topological polar surface area (TPSA) is 78.5 Å². The molecule has 1 aliphatic rings. The van der Waals surface area contributed by atoms with Crippen molar-refractivity contribution in [3.63, 3.8) is 0 Å². The van der Waals surface area contributed by atoms with Crippen LogP contribution in [0.1, 0.15) is 17.5 Å². The van der Waals surface area contributed by atoms with Gasteiger partial charge in [-0.1, -0.05) is 18.2 Å². The van der Waals surface area contributed by atoms with Crippen LogP contribution in [0.15, 0.2) is 18.2 Å². The van der Waals surface area contributed by atoms with Crippen molar-refractivity contribution < 1.29 is 14.4 Å². The number of imide groups is 1. The van der Waals surface area contributed by atoms with E-state index in [-0.39, 0.29) is 13.0 Å². The largest absolute Gasteiger partial charge is 0.325 e. The first-order valence-corrected chi connectivity index (χ1v) is 6.85. The van der Waals surface area contributed by atoms with Crippen LogP contribution in [0, 0.1) is 26.2 Å². The average molecular weight is 299 g/mol. The van der Waals surface area contributed by atoms with Gasteiger partial charge in [-0.25, -0.2) is 4.79 Å². The van der Waals surface area contributed by atoms with Crippen molar-refractivity contribution in [2.24, 2.45) is 0 Å². The van der Waals surface area contributed by atoms with Gasteiger partial charge in [-0.2, -0.15) is 0 Å². The second-order valence-electron chi connectivity index (χ2n) is 5.15. The highest BCUT2D eigenvalue weighted by atomic mass is 16.2. The van der Waals surface area contributed by atoms with E-state index in [2.05, 4.69) is 16.6 Å². The minimum Gasteiger partial charge on any atom is -0.325 e. The van der Waals surface area contributed by atoms with Gasteiger partial charge in [-0.3, -0.25) is 14.5 Å². The smallest absolute Gasteiger partial charge is 0.325 e. The Labute approximate surface area is 128 Å². The van der Waals surface area contributed by atoms with E-state index < -0.39 is 23.9 Å². The Morgan fingerprint density at radius 2 is 2.00 bits per heavy atom. The van der Waals surface area contributed by atoms with Gasteiger partial charge in [0.15, 0.2) is 0 Å². The molecule has 4 amide bonds. The predicted molar refractivity (Wildman–Crippen MR) is 82.0 cm³/mol. The van der Waals surface area contributed by atoms with E-state index in [1.54, 1.807) is 0 Å². The van der Waals surface area contributed by atoms with Gasteiger partial charge in [0.2, 0.25) is 5.91 Å². The summed E-state index contributed by atoms with van der Waals surface area (Å²) in [7, 11) is 0. The molecule has 1 aromatic carbocycles. The summed E-state index contributed by atoms with van der Waals surface area (Å²) in [6.45, 7) is 3.41. The molecule has 2 rings (SSSR count). The number of amides is 4. The minimum absolute atomic E-state index is 0.111. The average Bonchev–Trinajstić information content (AvgIpc) is 2.71. The molecule has 114 valence electrons. The number of aryl methyl sites for hydroxylation is 2. The number of urea groups is 1. The second kappa shape index (κ2) is 6.31. The Hall–Kier alpha value is -2.81. The molecule has 0 aromatic heterocycles. The number of carbonyl (C=O) groups excluding carboxylic acids is 3. The summed E-state index contributed by atoms with van der Waals surface area (Å²) in [5.41, 5.74) is 2.52. The lowest BCUT2D eigenvalue weighted by molar-refractivity contribution is -0.130. The Kier molecular flexibility index (Phi) is 4.47. The van der Waals surface area contributed by atoms with E-state index >= 15 is 0 Å². The van der Waals surface area contributed by atoms with Crippen molar-refractivity contribution >= 4 is 23.5 Å². The van der Waals surface area contributed by atoms with Crippen LogP contribution >= 0.6 is 0 Å². The Morgan fingerprint density at radius 3 is 2.59 bits per heavy atom. The molecule has 22 heavy (non-hydrogen) atoms. The number of hydrogen-bond acceptors (Lipinski definition) is 3. The number of benzene rings is 1. The van der Waals surface area contributed by atoms with Gasteiger partial charge < -0.3 is 10.6 Å². The fourth-order valence-electron chi connectivity index (χ4n) is 2.32. The van der Waals surface area contributed by atoms with Crippen molar-refractivity contribution in [3.8, 4) is 12.3 Å². The summed E-state index contributed by atoms with van der Waals surface area (Å²) >= 11 is 0. The standard InChI is InChI=1S/C16H17N3O3/c1-4-6-12-15(21)19(16(22)17-12)9-13(20)18-14-10(2)7-5-8-11(14)3/h1,5,7-8,12H,6,9H2,2-3H3,(H,17,22)(H,18,20)/t12-/m1/s1. The van der Waals surface area contributed by atoms with Crippen molar-refractivity contribution in [1.82, 2.24) is 10.2 Å². The number of nitrogens with zero attached hydrogens (tertiary/aromatic N) is 1. The summed E-state index contributed by atoms with van der Waals surface area (Å²) in [5.74, 6) is 1.43. The number of nitrogens with one attached hydrogen (secondary N) is 2. The summed E-state index contributed by atoms with van der Waals surface area (Å²) in [6.07, 6.45) is 5.26. The van der Waals surface area contributed by atoms with Crippen LogP contribution in [0.2, 0.25) is 0 Å². The maximum absolute atomic E-state index is 12.1. The van der Waals surface area contributed by atoms with E-state index in [1.165, 1.54) is 0 Å². The van der Waals surface area contributed by atoms with Crippen LogP contribution in [0.5, 0.6) is 0 Å². The van der Waals surface area contributed by atoms with Crippen molar-refractivity contribution in [2.45, 2.75) is 26.3 Å². The highest BCUT2D eigenvalue weighted by Crippen LogP contribution is 2.19. The molecule has 1 aliphatic heterocycles. The maximum atomic E-state index is 12.1. The van der Waals surface area contributed by atoms with Crippen LogP contribution in [0.4, 0.5) is 10.5 Å². The third-order valence-corrected chi connectivity index (χ3v) is 3.48. The van der Waals surface area contributed by atoms with E-state index in [1.807, 2.05) is 32.0 Å². The Morgan fingerprint density at radius 1 is 1.36 bits per heavy atom. The zero-order valence-corrected chi connectivity index (χ0v) is 12.5. The fourth-order valence-corrected chi connectivity index (χ4v) is 2.32. The minimum atomic E-state index is -0.745. The second-order valence-corrected chi connectivity index (χ2v) is 5.15. The zero-order valence-electron chi connectivity index (χ0n) is 12.5. The monoisotopic (exact) mass is 299 g/mol. The van der Waals surface area contributed by atoms with Crippen LogP contribution < -0.4 is 10.6 Å². The SMILES string of the molecule is C#CC[C@H]1NC(=O)N(CC(=O)Nc2c(C)cccc2C)C1=O. The van der Waals surface area contributed by atoms with Gasteiger partial charge in [0.25, 0.3) is 5.91 Å².